The summed E-state index contributed by atoms with van der Waals surface area (Å²) >= 11 is 0. The van der Waals surface area contributed by atoms with Gasteiger partial charge in [0.05, 0.1) is 17.9 Å². The Labute approximate surface area is 162 Å². The predicted molar refractivity (Wildman–Crippen MR) is 103 cm³/mol. The summed E-state index contributed by atoms with van der Waals surface area (Å²) in [5.41, 5.74) is 3.38. The lowest BCUT2D eigenvalue weighted by molar-refractivity contribution is -0.130. The van der Waals surface area contributed by atoms with Crippen molar-refractivity contribution < 1.29 is 13.9 Å². The Bertz CT molecular complexity index is 935. The molecule has 4 rings (SSSR count). The van der Waals surface area contributed by atoms with Crippen LogP contribution in [0.1, 0.15) is 12.8 Å². The lowest BCUT2D eigenvalue weighted by atomic mass is 10.1. The first-order chi connectivity index (χ1) is 13.7. The second kappa shape index (κ2) is 8.31. The van der Waals surface area contributed by atoms with Gasteiger partial charge in [-0.05, 0) is 55.3 Å². The fourth-order valence-corrected chi connectivity index (χ4v) is 3.28. The van der Waals surface area contributed by atoms with Crippen LogP contribution in [-0.2, 0) is 16.1 Å². The number of aromatic nitrogens is 3. The minimum atomic E-state index is -0.342. The zero-order valence-electron chi connectivity index (χ0n) is 15.3. The number of nitrogens with one attached hydrogen (secondary N) is 1. The molecule has 1 atom stereocenters. The third-order valence-electron chi connectivity index (χ3n) is 4.72. The normalized spacial score (nSPS) is 16.2. The molecule has 3 heterocycles. The molecule has 0 radical (unpaired) electrons. The molecule has 1 amide bonds. The largest absolute Gasteiger partial charge is 0.368 e. The van der Waals surface area contributed by atoms with Crippen LogP contribution in [0.5, 0.6) is 0 Å². The van der Waals surface area contributed by atoms with Crippen LogP contribution in [0.2, 0.25) is 0 Å². The van der Waals surface area contributed by atoms with Gasteiger partial charge in [-0.2, -0.15) is 5.10 Å². The van der Waals surface area contributed by atoms with Gasteiger partial charge in [-0.15, -0.1) is 0 Å². The smallest absolute Gasteiger partial charge is 0.249 e. The van der Waals surface area contributed by atoms with Crippen molar-refractivity contribution in [1.82, 2.24) is 20.1 Å². The molecule has 6 nitrogen and oxygen atoms in total. The van der Waals surface area contributed by atoms with Gasteiger partial charge in [0.1, 0.15) is 11.9 Å². The topological polar surface area (TPSA) is 69.0 Å². The van der Waals surface area contributed by atoms with E-state index in [9.17, 15) is 9.18 Å². The first-order valence-electron chi connectivity index (χ1n) is 9.34. The van der Waals surface area contributed by atoms with Crippen LogP contribution >= 0.6 is 0 Å². The summed E-state index contributed by atoms with van der Waals surface area (Å²) in [7, 11) is 0. The average molecular weight is 380 g/mol. The summed E-state index contributed by atoms with van der Waals surface area (Å²) in [6, 6.07) is 12.0. The maximum Gasteiger partial charge on any atom is 0.249 e. The van der Waals surface area contributed by atoms with Crippen LogP contribution in [0.15, 0.2) is 54.9 Å². The number of benzene rings is 1. The maximum absolute atomic E-state index is 13.2. The molecule has 0 aliphatic carbocycles. The van der Waals surface area contributed by atoms with Crippen molar-refractivity contribution in [2.75, 3.05) is 13.2 Å². The second-order valence-electron chi connectivity index (χ2n) is 6.68. The summed E-state index contributed by atoms with van der Waals surface area (Å²) in [5.74, 6) is -0.362. The Hall–Kier alpha value is -3.06. The molecule has 2 aromatic heterocycles. The summed E-state index contributed by atoms with van der Waals surface area (Å²) in [6.45, 7) is 1.59. The predicted octanol–water partition coefficient (Wildman–Crippen LogP) is 3.05. The number of carbonyl (C=O) groups is 1. The molecule has 1 aliphatic heterocycles. The lowest BCUT2D eigenvalue weighted by Gasteiger charge is -2.11. The molecule has 3 aromatic rings. The Kier molecular flexibility index (Phi) is 5.43. The third-order valence-corrected chi connectivity index (χ3v) is 4.72. The van der Waals surface area contributed by atoms with Crippen molar-refractivity contribution in [2.24, 2.45) is 0 Å². The van der Waals surface area contributed by atoms with Gasteiger partial charge in [0.25, 0.3) is 0 Å². The molecule has 0 saturated carbocycles. The standard InChI is InChI=1S/C21H21FN4O2/c22-17-7-5-15(6-8-17)18-13-19(16-3-1-9-23-14-16)26(25-18)11-10-24-21(27)20-4-2-12-28-20/h1,3,5-9,13-14,20H,2,4,10-12H2,(H,24,27)/t20-/m1/s1. The molecular weight excluding hydrogens is 359 g/mol. The third kappa shape index (κ3) is 4.09. The van der Waals surface area contributed by atoms with Crippen molar-refractivity contribution in [1.29, 1.82) is 0 Å². The van der Waals surface area contributed by atoms with E-state index in [1.807, 2.05) is 22.9 Å². The molecule has 7 heteroatoms. The van der Waals surface area contributed by atoms with Gasteiger partial charge in [0.2, 0.25) is 5.91 Å². The highest BCUT2D eigenvalue weighted by molar-refractivity contribution is 5.80. The monoisotopic (exact) mass is 380 g/mol. The van der Waals surface area contributed by atoms with Crippen LogP contribution in [-0.4, -0.2) is 39.9 Å². The van der Waals surface area contributed by atoms with Gasteiger partial charge in [-0.25, -0.2) is 4.39 Å². The summed E-state index contributed by atoms with van der Waals surface area (Å²) in [5, 5.41) is 7.58. The van der Waals surface area contributed by atoms with Crippen LogP contribution < -0.4 is 5.32 Å². The van der Waals surface area contributed by atoms with Crippen molar-refractivity contribution >= 4 is 5.91 Å². The van der Waals surface area contributed by atoms with E-state index in [4.69, 9.17) is 4.74 Å². The highest BCUT2D eigenvalue weighted by Gasteiger charge is 2.23. The van der Waals surface area contributed by atoms with E-state index in [1.165, 1.54) is 12.1 Å². The lowest BCUT2D eigenvalue weighted by Crippen LogP contribution is -2.36. The molecule has 1 aromatic carbocycles. The van der Waals surface area contributed by atoms with Crippen LogP contribution in [0, 0.1) is 5.82 Å². The molecule has 28 heavy (non-hydrogen) atoms. The molecular formula is C21H21FN4O2. The number of ether oxygens (including phenoxy) is 1. The fourth-order valence-electron chi connectivity index (χ4n) is 3.28. The number of hydrogen-bond acceptors (Lipinski definition) is 4. The number of halogens is 1. The highest BCUT2D eigenvalue weighted by atomic mass is 19.1. The van der Waals surface area contributed by atoms with Crippen LogP contribution in [0.3, 0.4) is 0 Å². The van der Waals surface area contributed by atoms with Crippen molar-refractivity contribution in [3.8, 4) is 22.5 Å². The number of nitrogens with zero attached hydrogens (tertiary/aromatic N) is 3. The SMILES string of the molecule is O=C(NCCn1nc(-c2ccc(F)cc2)cc1-c1cccnc1)[C@H]1CCCO1. The van der Waals surface area contributed by atoms with Gasteiger partial charge in [0, 0.05) is 36.7 Å². The molecule has 1 N–H and O–H groups in total. The Morgan fingerprint density at radius 1 is 1.25 bits per heavy atom. The molecule has 0 unspecified atom stereocenters. The van der Waals surface area contributed by atoms with E-state index in [0.29, 0.717) is 19.7 Å². The van der Waals surface area contributed by atoms with Crippen LogP contribution in [0.4, 0.5) is 4.39 Å². The van der Waals surface area contributed by atoms with E-state index in [0.717, 1.165) is 35.4 Å². The van der Waals surface area contributed by atoms with Gasteiger partial charge in [-0.3, -0.25) is 14.5 Å². The minimum Gasteiger partial charge on any atom is -0.368 e. The van der Waals surface area contributed by atoms with Gasteiger partial charge in [-0.1, -0.05) is 0 Å². The number of hydrogen-bond donors (Lipinski definition) is 1. The number of pyridine rings is 1. The van der Waals surface area contributed by atoms with Crippen molar-refractivity contribution in [2.45, 2.75) is 25.5 Å². The van der Waals surface area contributed by atoms with E-state index < -0.39 is 0 Å². The van der Waals surface area contributed by atoms with E-state index in [-0.39, 0.29) is 17.8 Å². The van der Waals surface area contributed by atoms with Gasteiger partial charge >= 0.3 is 0 Å². The molecule has 0 bridgehead atoms. The second-order valence-corrected chi connectivity index (χ2v) is 6.68. The Morgan fingerprint density at radius 2 is 2.11 bits per heavy atom. The molecule has 0 spiro atoms. The molecule has 144 valence electrons. The van der Waals surface area contributed by atoms with E-state index >= 15 is 0 Å². The first kappa shape index (κ1) is 18.3. The summed E-state index contributed by atoms with van der Waals surface area (Å²) < 4.78 is 20.5. The van der Waals surface area contributed by atoms with Crippen LogP contribution in [0.25, 0.3) is 22.5 Å². The van der Waals surface area contributed by atoms with E-state index in [1.54, 1.807) is 24.5 Å². The van der Waals surface area contributed by atoms with E-state index in [2.05, 4.69) is 15.4 Å². The minimum absolute atomic E-state index is 0.0775. The fraction of sp³-hybridized carbons (Fsp3) is 0.286. The number of amides is 1. The van der Waals surface area contributed by atoms with Gasteiger partial charge < -0.3 is 10.1 Å². The molecule has 1 saturated heterocycles. The van der Waals surface area contributed by atoms with Gasteiger partial charge in [0.15, 0.2) is 0 Å². The average Bonchev–Trinajstić information content (AvgIpc) is 3.40. The first-order valence-corrected chi connectivity index (χ1v) is 9.34. The summed E-state index contributed by atoms with van der Waals surface area (Å²) in [4.78, 5) is 16.3. The Balaban J connectivity index is 1.54. The molecule has 1 aliphatic rings. The Morgan fingerprint density at radius 3 is 2.82 bits per heavy atom. The van der Waals surface area contributed by atoms with Crippen molar-refractivity contribution in [3.05, 3.63) is 60.7 Å². The van der Waals surface area contributed by atoms with Crippen molar-refractivity contribution in [3.63, 3.8) is 0 Å². The maximum atomic E-state index is 13.2. The molecule has 1 fully saturated rings. The number of carbonyl (C=O) groups excluding carboxylic acids is 1. The summed E-state index contributed by atoms with van der Waals surface area (Å²) in [6.07, 6.45) is 4.83. The highest BCUT2D eigenvalue weighted by Crippen LogP contribution is 2.26. The quantitative estimate of drug-likeness (QED) is 0.714. The zero-order chi connectivity index (χ0) is 19.3. The number of rotatable bonds is 6. The zero-order valence-corrected chi connectivity index (χ0v) is 15.3.